The van der Waals surface area contributed by atoms with E-state index in [2.05, 4.69) is 20.9 Å². The van der Waals surface area contributed by atoms with Gasteiger partial charge in [0.1, 0.15) is 17.7 Å². The lowest BCUT2D eigenvalue weighted by Crippen LogP contribution is -2.54. The van der Waals surface area contributed by atoms with Crippen LogP contribution in [0.25, 0.3) is 16.7 Å². The molecular weight excluding hydrogens is 506 g/mol. The predicted octanol–water partition coefficient (Wildman–Crippen LogP) is 4.52. The number of piperazine rings is 1. The van der Waals surface area contributed by atoms with Gasteiger partial charge in [0.25, 0.3) is 0 Å². The van der Waals surface area contributed by atoms with E-state index < -0.39 is 5.60 Å². The van der Waals surface area contributed by atoms with Crippen molar-refractivity contribution in [2.24, 2.45) is 0 Å². The number of ether oxygens (including phenoxy) is 1. The summed E-state index contributed by atoms with van der Waals surface area (Å²) in [6.07, 6.45) is 4.30. The van der Waals surface area contributed by atoms with Crippen molar-refractivity contribution in [3.63, 3.8) is 0 Å². The molecule has 0 N–H and O–H groups in total. The number of fused-ring (bicyclic) bond motifs is 1. The Balaban J connectivity index is 1.59. The first kappa shape index (κ1) is 25.8. The smallest absolute Gasteiger partial charge is 0.410 e. The number of aromatic nitrogens is 3. The number of hydrogen-bond donors (Lipinski definition) is 0. The summed E-state index contributed by atoms with van der Waals surface area (Å²) in [5.41, 5.74) is 1.86. The Bertz CT molecular complexity index is 1460. The molecule has 2 fully saturated rings. The minimum absolute atomic E-state index is 0.0467. The van der Waals surface area contributed by atoms with Crippen molar-refractivity contribution in [1.82, 2.24) is 19.4 Å². The van der Waals surface area contributed by atoms with Crippen molar-refractivity contribution >= 4 is 46.1 Å². The minimum Gasteiger partial charge on any atom is -0.444 e. The molecule has 2 amide bonds. The number of halogens is 1. The van der Waals surface area contributed by atoms with Gasteiger partial charge in [0.2, 0.25) is 5.91 Å². The average molecular weight is 536 g/mol. The van der Waals surface area contributed by atoms with Crippen molar-refractivity contribution in [2.45, 2.75) is 52.2 Å². The van der Waals surface area contributed by atoms with E-state index in [0.717, 1.165) is 17.5 Å². The largest absolute Gasteiger partial charge is 0.444 e. The van der Waals surface area contributed by atoms with Crippen molar-refractivity contribution < 1.29 is 14.3 Å². The van der Waals surface area contributed by atoms with Crippen LogP contribution in [0.3, 0.4) is 0 Å². The predicted molar refractivity (Wildman–Crippen MR) is 145 cm³/mol. The van der Waals surface area contributed by atoms with Gasteiger partial charge in [-0.25, -0.2) is 14.8 Å². The second-order valence-corrected chi connectivity index (χ2v) is 11.1. The van der Waals surface area contributed by atoms with E-state index in [1.54, 1.807) is 28.0 Å². The van der Waals surface area contributed by atoms with Crippen LogP contribution in [0.4, 0.5) is 16.3 Å². The SMILES string of the molecule is CC1CN(C(=O)OC(C)(C)C)CCN1c1ncnc2c1c(N1CCCC1=O)cn2-c1cc(Cl)cc(C#N)c1. The number of carbonyl (C=O) groups excluding carboxylic acids is 2. The number of anilines is 2. The summed E-state index contributed by atoms with van der Waals surface area (Å²) in [4.78, 5) is 40.5. The van der Waals surface area contributed by atoms with E-state index in [4.69, 9.17) is 16.3 Å². The number of carbonyl (C=O) groups is 2. The number of rotatable bonds is 3. The molecule has 2 aliphatic rings. The van der Waals surface area contributed by atoms with Crippen molar-refractivity contribution in [3.05, 3.63) is 41.3 Å². The highest BCUT2D eigenvalue weighted by atomic mass is 35.5. The Kier molecular flexibility index (Phi) is 6.65. The van der Waals surface area contributed by atoms with E-state index in [1.165, 1.54) is 6.33 Å². The van der Waals surface area contributed by atoms with Crippen LogP contribution in [0.15, 0.2) is 30.7 Å². The molecule has 10 nitrogen and oxygen atoms in total. The fraction of sp³-hybridized carbons (Fsp3) is 0.444. The van der Waals surface area contributed by atoms with Gasteiger partial charge in [0.05, 0.1) is 22.7 Å². The van der Waals surface area contributed by atoms with Gasteiger partial charge in [-0.3, -0.25) is 9.36 Å². The van der Waals surface area contributed by atoms with Gasteiger partial charge < -0.3 is 19.4 Å². The number of nitriles is 1. The first-order valence-electron chi connectivity index (χ1n) is 12.7. The molecule has 2 aromatic heterocycles. The van der Waals surface area contributed by atoms with Crippen molar-refractivity contribution in [1.29, 1.82) is 5.26 Å². The van der Waals surface area contributed by atoms with Gasteiger partial charge in [0, 0.05) is 55.5 Å². The van der Waals surface area contributed by atoms with Crippen LogP contribution in [0, 0.1) is 11.3 Å². The monoisotopic (exact) mass is 535 g/mol. The van der Waals surface area contributed by atoms with Crippen LogP contribution in [0.1, 0.15) is 46.1 Å². The summed E-state index contributed by atoms with van der Waals surface area (Å²) in [7, 11) is 0. The highest BCUT2D eigenvalue weighted by Crippen LogP contribution is 2.39. The lowest BCUT2D eigenvalue weighted by atomic mass is 10.1. The molecule has 2 aliphatic heterocycles. The normalized spacial score (nSPS) is 18.3. The zero-order chi connectivity index (χ0) is 27.2. The highest BCUT2D eigenvalue weighted by Gasteiger charge is 2.34. The lowest BCUT2D eigenvalue weighted by Gasteiger charge is -2.41. The number of hydrogen-bond acceptors (Lipinski definition) is 7. The minimum atomic E-state index is -0.567. The number of benzene rings is 1. The zero-order valence-corrected chi connectivity index (χ0v) is 22.7. The fourth-order valence-electron chi connectivity index (χ4n) is 5.09. The third kappa shape index (κ3) is 4.86. The molecule has 198 valence electrons. The van der Waals surface area contributed by atoms with Crippen molar-refractivity contribution in [3.8, 4) is 11.8 Å². The molecule has 1 atom stereocenters. The topological polar surface area (TPSA) is 108 Å². The van der Waals surface area contributed by atoms with Crippen LogP contribution in [0.2, 0.25) is 5.02 Å². The zero-order valence-electron chi connectivity index (χ0n) is 21.9. The van der Waals surface area contributed by atoms with Crippen LogP contribution >= 0.6 is 11.6 Å². The molecule has 4 heterocycles. The summed E-state index contributed by atoms with van der Waals surface area (Å²) in [5.74, 6) is 0.743. The molecular formula is C27H30ClN7O3. The summed E-state index contributed by atoms with van der Waals surface area (Å²) in [6.45, 7) is 9.70. The van der Waals surface area contributed by atoms with Gasteiger partial charge in [-0.05, 0) is 52.3 Å². The van der Waals surface area contributed by atoms with Crippen molar-refractivity contribution in [2.75, 3.05) is 36.0 Å². The summed E-state index contributed by atoms with van der Waals surface area (Å²) >= 11 is 6.33. The maximum atomic E-state index is 12.8. The summed E-state index contributed by atoms with van der Waals surface area (Å²) < 4.78 is 7.43. The van der Waals surface area contributed by atoms with E-state index in [9.17, 15) is 14.9 Å². The molecule has 2 saturated heterocycles. The second kappa shape index (κ2) is 9.80. The molecule has 0 radical (unpaired) electrons. The van der Waals surface area contributed by atoms with E-state index in [-0.39, 0.29) is 18.0 Å². The first-order chi connectivity index (χ1) is 18.1. The van der Waals surface area contributed by atoms with Crippen LogP contribution in [0.5, 0.6) is 0 Å². The molecule has 3 aromatic rings. The third-order valence-electron chi connectivity index (χ3n) is 6.75. The quantitative estimate of drug-likeness (QED) is 0.485. The van der Waals surface area contributed by atoms with Gasteiger partial charge in [0.15, 0.2) is 5.65 Å². The Morgan fingerprint density at radius 3 is 2.63 bits per heavy atom. The maximum absolute atomic E-state index is 12.8. The van der Waals surface area contributed by atoms with Crippen LogP contribution in [-0.2, 0) is 9.53 Å². The van der Waals surface area contributed by atoms with E-state index in [1.807, 2.05) is 38.5 Å². The molecule has 0 saturated carbocycles. The Morgan fingerprint density at radius 2 is 1.97 bits per heavy atom. The van der Waals surface area contributed by atoms with Crippen LogP contribution < -0.4 is 9.80 Å². The molecule has 38 heavy (non-hydrogen) atoms. The first-order valence-corrected chi connectivity index (χ1v) is 13.1. The number of nitrogens with zero attached hydrogens (tertiary/aromatic N) is 7. The second-order valence-electron chi connectivity index (χ2n) is 10.7. The maximum Gasteiger partial charge on any atom is 0.410 e. The molecule has 1 unspecified atom stereocenters. The Labute approximate surface area is 226 Å². The number of amides is 2. The Hall–Kier alpha value is -3.84. The lowest BCUT2D eigenvalue weighted by molar-refractivity contribution is -0.117. The summed E-state index contributed by atoms with van der Waals surface area (Å²) in [6, 6.07) is 7.20. The third-order valence-corrected chi connectivity index (χ3v) is 6.97. The molecule has 1 aromatic carbocycles. The van der Waals surface area contributed by atoms with Crippen LogP contribution in [-0.4, -0.2) is 69.3 Å². The fourth-order valence-corrected chi connectivity index (χ4v) is 5.32. The average Bonchev–Trinajstić information content (AvgIpc) is 3.45. The molecule has 11 heteroatoms. The summed E-state index contributed by atoms with van der Waals surface area (Å²) in [5, 5.41) is 10.7. The molecule has 0 aliphatic carbocycles. The van der Waals surface area contributed by atoms with Gasteiger partial charge in [-0.2, -0.15) is 5.26 Å². The van der Waals surface area contributed by atoms with E-state index >= 15 is 0 Å². The van der Waals surface area contributed by atoms with Gasteiger partial charge in [-0.1, -0.05) is 11.6 Å². The molecule has 5 rings (SSSR count). The molecule has 0 spiro atoms. The highest BCUT2D eigenvalue weighted by molar-refractivity contribution is 6.30. The molecule has 0 bridgehead atoms. The Morgan fingerprint density at radius 1 is 1.18 bits per heavy atom. The van der Waals surface area contributed by atoms with E-state index in [0.29, 0.717) is 60.3 Å². The van der Waals surface area contributed by atoms with Gasteiger partial charge in [-0.15, -0.1) is 0 Å². The standard InChI is InChI=1S/C27H30ClN7O3/c1-17-14-32(26(37)38-27(2,3)4)8-9-33(17)24-23-21(34-7-5-6-22(34)36)15-35(25(23)31-16-30-24)20-11-18(13-29)10-19(28)12-20/h10-12,15-17H,5-9,14H2,1-4H3. The van der Waals surface area contributed by atoms with Gasteiger partial charge >= 0.3 is 6.09 Å².